The molecule has 3 amide bonds. The van der Waals surface area contributed by atoms with Gasteiger partial charge < -0.3 is 25.0 Å². The average molecular weight is 450 g/mol. The number of fused-ring (bicyclic) bond motifs is 1. The molecule has 1 saturated heterocycles. The molecule has 2 heterocycles. The lowest BCUT2D eigenvalue weighted by Crippen LogP contribution is -2.53. The van der Waals surface area contributed by atoms with E-state index in [0.29, 0.717) is 55.1 Å². The van der Waals surface area contributed by atoms with E-state index in [2.05, 4.69) is 17.2 Å². The van der Waals surface area contributed by atoms with Crippen LogP contribution in [0.15, 0.2) is 61.2 Å². The summed E-state index contributed by atoms with van der Waals surface area (Å²) in [5.74, 6) is 0.329. The van der Waals surface area contributed by atoms with Crippen molar-refractivity contribution in [2.24, 2.45) is 5.92 Å². The van der Waals surface area contributed by atoms with Gasteiger partial charge in [-0.05, 0) is 49.1 Å². The van der Waals surface area contributed by atoms with E-state index in [9.17, 15) is 14.4 Å². The number of ether oxygens (including phenoxy) is 2. The highest BCUT2D eigenvalue weighted by Gasteiger charge is 2.34. The van der Waals surface area contributed by atoms with Crippen LogP contribution < -0.4 is 20.1 Å². The first-order valence-corrected chi connectivity index (χ1v) is 11.0. The fraction of sp³-hybridized carbons (Fsp3) is 0.320. The number of carbonyl (C=O) groups excluding carboxylic acids is 3. The number of likely N-dealkylation sites (tertiary alicyclic amines) is 1. The Kier molecular flexibility index (Phi) is 6.92. The van der Waals surface area contributed by atoms with Gasteiger partial charge in [-0.25, -0.2) is 0 Å². The van der Waals surface area contributed by atoms with Crippen molar-refractivity contribution in [3.05, 3.63) is 72.3 Å². The summed E-state index contributed by atoms with van der Waals surface area (Å²) in [4.78, 5) is 40.4. The molecule has 4 rings (SSSR count). The van der Waals surface area contributed by atoms with Gasteiger partial charge in [0.25, 0.3) is 11.8 Å². The van der Waals surface area contributed by atoms with E-state index in [4.69, 9.17) is 9.47 Å². The number of carbonyl (C=O) groups is 3. The molecule has 2 aromatic rings. The van der Waals surface area contributed by atoms with Gasteiger partial charge in [-0.15, -0.1) is 6.58 Å². The first-order valence-electron chi connectivity index (χ1n) is 11.0. The number of amides is 3. The molecule has 0 spiro atoms. The monoisotopic (exact) mass is 449 g/mol. The maximum atomic E-state index is 13.0. The van der Waals surface area contributed by atoms with Crippen molar-refractivity contribution in [3.8, 4) is 11.5 Å². The van der Waals surface area contributed by atoms with E-state index in [1.54, 1.807) is 41.3 Å². The number of nitrogens with one attached hydrogen (secondary N) is 2. The Bertz CT molecular complexity index is 1030. The number of rotatable bonds is 7. The predicted octanol–water partition coefficient (Wildman–Crippen LogP) is 2.37. The summed E-state index contributed by atoms with van der Waals surface area (Å²) in [5, 5.41) is 5.68. The van der Waals surface area contributed by atoms with Gasteiger partial charge >= 0.3 is 0 Å². The molecule has 0 saturated carbocycles. The summed E-state index contributed by atoms with van der Waals surface area (Å²) >= 11 is 0. The van der Waals surface area contributed by atoms with Crippen LogP contribution in [0.2, 0.25) is 0 Å². The molecule has 2 aromatic carbocycles. The summed E-state index contributed by atoms with van der Waals surface area (Å²) in [7, 11) is 0. The van der Waals surface area contributed by atoms with Crippen molar-refractivity contribution in [2.75, 3.05) is 26.4 Å². The minimum absolute atomic E-state index is 0.0221. The molecule has 8 nitrogen and oxygen atoms in total. The Morgan fingerprint density at radius 2 is 1.76 bits per heavy atom. The predicted molar refractivity (Wildman–Crippen MR) is 122 cm³/mol. The molecule has 2 N–H and O–H groups in total. The number of benzene rings is 2. The second-order valence-electron chi connectivity index (χ2n) is 8.05. The second-order valence-corrected chi connectivity index (χ2v) is 8.05. The zero-order valence-corrected chi connectivity index (χ0v) is 18.3. The lowest BCUT2D eigenvalue weighted by atomic mass is 9.88. The van der Waals surface area contributed by atoms with Gasteiger partial charge in [-0.3, -0.25) is 14.4 Å². The summed E-state index contributed by atoms with van der Waals surface area (Å²) in [6.07, 6.45) is 2.80. The van der Waals surface area contributed by atoms with Gasteiger partial charge in [0.05, 0.1) is 0 Å². The van der Waals surface area contributed by atoms with Crippen molar-refractivity contribution < 1.29 is 23.9 Å². The van der Waals surface area contributed by atoms with E-state index in [1.807, 2.05) is 18.2 Å². The number of nitrogens with zero attached hydrogens (tertiary/aromatic N) is 1. The van der Waals surface area contributed by atoms with E-state index in [0.717, 1.165) is 0 Å². The zero-order chi connectivity index (χ0) is 23.2. The van der Waals surface area contributed by atoms with E-state index in [1.165, 1.54) is 0 Å². The summed E-state index contributed by atoms with van der Waals surface area (Å²) < 4.78 is 10.6. The third-order valence-electron chi connectivity index (χ3n) is 5.94. The highest BCUT2D eigenvalue weighted by atomic mass is 16.7. The third-order valence-corrected chi connectivity index (χ3v) is 5.94. The quantitative estimate of drug-likeness (QED) is 0.633. The van der Waals surface area contributed by atoms with E-state index in [-0.39, 0.29) is 30.4 Å². The fourth-order valence-corrected chi connectivity index (χ4v) is 4.14. The molecule has 2 aliphatic rings. The number of hydrogen-bond acceptors (Lipinski definition) is 5. The molecule has 0 unspecified atom stereocenters. The SMILES string of the molecule is C=CCNC(=O)[C@H](NC(=O)c1ccc2c(c1)OCO2)C1CCN(C(=O)c2ccccc2)CC1. The number of hydrogen-bond donors (Lipinski definition) is 2. The smallest absolute Gasteiger partial charge is 0.253 e. The molecule has 0 bridgehead atoms. The molecule has 0 radical (unpaired) electrons. The minimum Gasteiger partial charge on any atom is -0.454 e. The van der Waals surface area contributed by atoms with Crippen molar-refractivity contribution in [1.29, 1.82) is 0 Å². The largest absolute Gasteiger partial charge is 0.454 e. The van der Waals surface area contributed by atoms with Crippen molar-refractivity contribution in [3.63, 3.8) is 0 Å². The van der Waals surface area contributed by atoms with Crippen LogP contribution in [-0.2, 0) is 4.79 Å². The Morgan fingerprint density at radius 3 is 2.48 bits per heavy atom. The minimum atomic E-state index is -0.725. The van der Waals surface area contributed by atoms with E-state index < -0.39 is 6.04 Å². The molecule has 1 fully saturated rings. The van der Waals surface area contributed by atoms with Crippen LogP contribution in [0.4, 0.5) is 0 Å². The third kappa shape index (κ3) is 5.16. The summed E-state index contributed by atoms with van der Waals surface area (Å²) in [6, 6.07) is 13.3. The zero-order valence-electron chi connectivity index (χ0n) is 18.3. The molecular weight excluding hydrogens is 422 g/mol. The summed E-state index contributed by atoms with van der Waals surface area (Å²) in [6.45, 7) is 5.09. The highest BCUT2D eigenvalue weighted by molar-refractivity contribution is 5.98. The number of piperidine rings is 1. The highest BCUT2D eigenvalue weighted by Crippen LogP contribution is 2.32. The normalized spacial score (nSPS) is 16.1. The van der Waals surface area contributed by atoms with Crippen LogP contribution in [0.3, 0.4) is 0 Å². The molecule has 172 valence electrons. The molecule has 0 aromatic heterocycles. The molecule has 8 heteroatoms. The van der Waals surface area contributed by atoms with Gasteiger partial charge in [0.2, 0.25) is 12.7 Å². The summed E-state index contributed by atoms with van der Waals surface area (Å²) in [5.41, 5.74) is 1.03. The molecule has 2 aliphatic heterocycles. The second kappa shape index (κ2) is 10.2. The maximum Gasteiger partial charge on any atom is 0.253 e. The van der Waals surface area contributed by atoms with Gasteiger partial charge in [0.1, 0.15) is 6.04 Å². The van der Waals surface area contributed by atoms with Gasteiger partial charge in [-0.2, -0.15) is 0 Å². The van der Waals surface area contributed by atoms with Crippen LogP contribution in [-0.4, -0.2) is 55.1 Å². The van der Waals surface area contributed by atoms with Crippen molar-refractivity contribution in [1.82, 2.24) is 15.5 Å². The Balaban J connectivity index is 1.43. The van der Waals surface area contributed by atoms with Crippen LogP contribution >= 0.6 is 0 Å². The van der Waals surface area contributed by atoms with Crippen molar-refractivity contribution >= 4 is 17.7 Å². The molecule has 33 heavy (non-hydrogen) atoms. The van der Waals surface area contributed by atoms with Crippen LogP contribution in [0.5, 0.6) is 11.5 Å². The van der Waals surface area contributed by atoms with Crippen LogP contribution in [0.25, 0.3) is 0 Å². The lowest BCUT2D eigenvalue weighted by Gasteiger charge is -2.35. The lowest BCUT2D eigenvalue weighted by molar-refractivity contribution is -0.124. The Hall–Kier alpha value is -3.81. The molecule has 1 atom stereocenters. The van der Waals surface area contributed by atoms with Gasteiger partial charge in [0, 0.05) is 30.8 Å². The van der Waals surface area contributed by atoms with Gasteiger partial charge in [-0.1, -0.05) is 24.3 Å². The van der Waals surface area contributed by atoms with E-state index >= 15 is 0 Å². The first-order chi connectivity index (χ1) is 16.1. The standard InChI is InChI=1S/C25H27N3O5/c1-2-12-26-24(30)22(27-23(29)19-8-9-20-21(15-19)33-16-32-20)17-10-13-28(14-11-17)25(31)18-6-4-3-5-7-18/h2-9,15,17,22H,1,10-14,16H2,(H,26,30)(H,27,29)/t22-/m1/s1. The first kappa shape index (κ1) is 22.4. The molecular formula is C25H27N3O5. The van der Waals surface area contributed by atoms with Crippen LogP contribution in [0, 0.1) is 5.92 Å². The molecule has 0 aliphatic carbocycles. The average Bonchev–Trinajstić information content (AvgIpc) is 3.34. The Labute approximate surface area is 192 Å². The van der Waals surface area contributed by atoms with Gasteiger partial charge in [0.15, 0.2) is 11.5 Å². The van der Waals surface area contributed by atoms with Crippen LogP contribution in [0.1, 0.15) is 33.6 Å². The maximum absolute atomic E-state index is 13.0. The topological polar surface area (TPSA) is 97.0 Å². The fourth-order valence-electron chi connectivity index (χ4n) is 4.14. The Morgan fingerprint density at radius 1 is 1.03 bits per heavy atom. The van der Waals surface area contributed by atoms with Crippen molar-refractivity contribution in [2.45, 2.75) is 18.9 Å².